The molecule has 0 saturated carbocycles. The summed E-state index contributed by atoms with van der Waals surface area (Å²) in [5.41, 5.74) is 0. The van der Waals surface area contributed by atoms with Crippen LogP contribution in [0, 0.1) is 5.92 Å². The van der Waals surface area contributed by atoms with Gasteiger partial charge in [-0.3, -0.25) is 4.79 Å². The molecule has 2 nitrogen and oxygen atoms in total. The van der Waals surface area contributed by atoms with Crippen molar-refractivity contribution in [2.24, 2.45) is 5.92 Å². The first-order chi connectivity index (χ1) is 10.7. The molecule has 0 heterocycles. The van der Waals surface area contributed by atoms with Crippen molar-refractivity contribution in [2.45, 2.75) is 111 Å². The summed E-state index contributed by atoms with van der Waals surface area (Å²) >= 11 is 0. The predicted octanol–water partition coefficient (Wildman–Crippen LogP) is 6.67. The van der Waals surface area contributed by atoms with Crippen LogP contribution < -0.4 is 0 Å². The molecule has 0 aliphatic heterocycles. The molecule has 0 spiro atoms. The van der Waals surface area contributed by atoms with Crippen LogP contribution in [0.25, 0.3) is 0 Å². The van der Waals surface area contributed by atoms with Gasteiger partial charge in [-0.25, -0.2) is 0 Å². The minimum Gasteiger partial charge on any atom is -0.466 e. The molecule has 2 heteroatoms. The molecule has 0 aromatic rings. The molecule has 0 radical (unpaired) electrons. The molecule has 0 aliphatic rings. The van der Waals surface area contributed by atoms with Crippen molar-refractivity contribution < 1.29 is 9.53 Å². The van der Waals surface area contributed by atoms with E-state index in [1.165, 1.54) is 77.0 Å². The molecule has 0 aromatic carbocycles. The maximum Gasteiger partial charge on any atom is 0.305 e. The van der Waals surface area contributed by atoms with Crippen LogP contribution in [0.2, 0.25) is 0 Å². The second-order valence-electron chi connectivity index (χ2n) is 6.77. The lowest BCUT2D eigenvalue weighted by Gasteiger charge is -2.11. The van der Waals surface area contributed by atoms with Crippen molar-refractivity contribution in [3.8, 4) is 0 Å². The average molecular weight is 313 g/mol. The van der Waals surface area contributed by atoms with Gasteiger partial charge in [0.2, 0.25) is 0 Å². The van der Waals surface area contributed by atoms with E-state index in [9.17, 15) is 4.79 Å². The third-order valence-electron chi connectivity index (χ3n) is 4.43. The summed E-state index contributed by atoms with van der Waals surface area (Å²) < 4.78 is 4.93. The molecule has 0 fully saturated rings. The van der Waals surface area contributed by atoms with E-state index < -0.39 is 0 Å². The summed E-state index contributed by atoms with van der Waals surface area (Å²) in [6.45, 7) is 7.06. The van der Waals surface area contributed by atoms with Gasteiger partial charge in [-0.1, -0.05) is 90.9 Å². The third-order valence-corrected chi connectivity index (χ3v) is 4.43. The Morgan fingerprint density at radius 2 is 1.27 bits per heavy atom. The Labute approximate surface area is 139 Å². The highest BCUT2D eigenvalue weighted by Crippen LogP contribution is 2.18. The van der Waals surface area contributed by atoms with Crippen molar-refractivity contribution in [1.29, 1.82) is 0 Å². The van der Waals surface area contributed by atoms with Crippen molar-refractivity contribution in [1.82, 2.24) is 0 Å². The zero-order chi connectivity index (χ0) is 16.5. The van der Waals surface area contributed by atoms with E-state index in [4.69, 9.17) is 4.74 Å². The highest BCUT2D eigenvalue weighted by molar-refractivity contribution is 5.69. The van der Waals surface area contributed by atoms with E-state index in [2.05, 4.69) is 13.8 Å². The fraction of sp³-hybridized carbons (Fsp3) is 0.950. The van der Waals surface area contributed by atoms with Gasteiger partial charge in [0.05, 0.1) is 6.61 Å². The van der Waals surface area contributed by atoms with Gasteiger partial charge in [0.15, 0.2) is 0 Å². The van der Waals surface area contributed by atoms with Gasteiger partial charge in [-0.2, -0.15) is 0 Å². The fourth-order valence-electron chi connectivity index (χ4n) is 2.94. The number of esters is 1. The summed E-state index contributed by atoms with van der Waals surface area (Å²) in [5, 5.41) is 0. The highest BCUT2D eigenvalue weighted by atomic mass is 16.5. The molecule has 22 heavy (non-hydrogen) atoms. The highest BCUT2D eigenvalue weighted by Gasteiger charge is 2.03. The average Bonchev–Trinajstić information content (AvgIpc) is 2.50. The summed E-state index contributed by atoms with van der Waals surface area (Å²) in [7, 11) is 0. The molecule has 0 aromatic heterocycles. The molecule has 1 unspecified atom stereocenters. The maximum atomic E-state index is 11.2. The maximum absolute atomic E-state index is 11.2. The number of unbranched alkanes of at least 4 members (excludes halogenated alkanes) is 9. The first-order valence-electron chi connectivity index (χ1n) is 9.86. The topological polar surface area (TPSA) is 26.3 Å². The first kappa shape index (κ1) is 21.5. The Balaban J connectivity index is 3.21. The molecule has 0 saturated heterocycles. The first-order valence-corrected chi connectivity index (χ1v) is 9.86. The molecular formula is C20H40O2. The van der Waals surface area contributed by atoms with Gasteiger partial charge < -0.3 is 4.74 Å². The van der Waals surface area contributed by atoms with E-state index in [1.807, 2.05) is 6.92 Å². The van der Waals surface area contributed by atoms with Gasteiger partial charge in [-0.15, -0.1) is 0 Å². The number of ether oxygens (including phenoxy) is 1. The van der Waals surface area contributed by atoms with Crippen LogP contribution in [-0.2, 0) is 9.53 Å². The van der Waals surface area contributed by atoms with Gasteiger partial charge in [-0.05, 0) is 19.3 Å². The summed E-state index contributed by atoms with van der Waals surface area (Å²) in [6.07, 6.45) is 18.0. The van der Waals surface area contributed by atoms with Crippen LogP contribution in [0.15, 0.2) is 0 Å². The Kier molecular flexibility index (Phi) is 16.4. The summed E-state index contributed by atoms with van der Waals surface area (Å²) in [5.74, 6) is 0.862. The smallest absolute Gasteiger partial charge is 0.305 e. The molecule has 0 rings (SSSR count). The van der Waals surface area contributed by atoms with Gasteiger partial charge in [0.1, 0.15) is 0 Å². The van der Waals surface area contributed by atoms with Gasteiger partial charge in [0, 0.05) is 6.42 Å². The quantitative estimate of drug-likeness (QED) is 0.235. The Morgan fingerprint density at radius 3 is 1.82 bits per heavy atom. The van der Waals surface area contributed by atoms with Crippen molar-refractivity contribution >= 4 is 5.97 Å². The lowest BCUT2D eigenvalue weighted by atomic mass is 9.96. The van der Waals surface area contributed by atoms with E-state index in [1.54, 1.807) is 0 Å². The normalized spacial score (nSPS) is 12.3. The second kappa shape index (κ2) is 16.8. The number of hydrogen-bond acceptors (Lipinski definition) is 2. The molecule has 132 valence electrons. The lowest BCUT2D eigenvalue weighted by Crippen LogP contribution is -2.03. The summed E-state index contributed by atoms with van der Waals surface area (Å²) in [6, 6.07) is 0. The third kappa shape index (κ3) is 15.9. The largest absolute Gasteiger partial charge is 0.466 e. The second-order valence-corrected chi connectivity index (χ2v) is 6.77. The number of carbonyl (C=O) groups is 1. The zero-order valence-electron chi connectivity index (χ0n) is 15.5. The number of carbonyl (C=O) groups excluding carboxylic acids is 1. The molecule has 0 aliphatic carbocycles. The van der Waals surface area contributed by atoms with Crippen LogP contribution in [0.1, 0.15) is 111 Å². The molecular weight excluding hydrogens is 272 g/mol. The molecule has 0 amide bonds. The van der Waals surface area contributed by atoms with Gasteiger partial charge in [0.25, 0.3) is 0 Å². The van der Waals surface area contributed by atoms with Crippen LogP contribution in [0.3, 0.4) is 0 Å². The minimum absolute atomic E-state index is 0.0324. The van der Waals surface area contributed by atoms with Crippen LogP contribution in [0.4, 0.5) is 0 Å². The zero-order valence-corrected chi connectivity index (χ0v) is 15.5. The van der Waals surface area contributed by atoms with Crippen LogP contribution in [-0.4, -0.2) is 12.6 Å². The Hall–Kier alpha value is -0.530. The van der Waals surface area contributed by atoms with Crippen molar-refractivity contribution in [3.63, 3.8) is 0 Å². The van der Waals surface area contributed by atoms with Crippen LogP contribution >= 0.6 is 0 Å². The standard InChI is InChI=1S/C20H40O2/c1-4-6-7-8-10-13-16-19(3)17-14-11-9-12-15-18-20(21)22-5-2/h19H,4-18H2,1-3H3. The van der Waals surface area contributed by atoms with E-state index in [0.717, 1.165) is 12.3 Å². The monoisotopic (exact) mass is 312 g/mol. The minimum atomic E-state index is -0.0324. The Morgan fingerprint density at radius 1 is 0.773 bits per heavy atom. The van der Waals surface area contributed by atoms with Crippen LogP contribution in [0.5, 0.6) is 0 Å². The van der Waals surface area contributed by atoms with E-state index in [0.29, 0.717) is 13.0 Å². The molecule has 1 atom stereocenters. The lowest BCUT2D eigenvalue weighted by molar-refractivity contribution is -0.143. The molecule has 0 bridgehead atoms. The van der Waals surface area contributed by atoms with E-state index >= 15 is 0 Å². The Bertz CT molecular complexity index is 238. The van der Waals surface area contributed by atoms with E-state index in [-0.39, 0.29) is 5.97 Å². The predicted molar refractivity (Wildman–Crippen MR) is 96.1 cm³/mol. The van der Waals surface area contributed by atoms with Crippen molar-refractivity contribution in [2.75, 3.05) is 6.61 Å². The summed E-state index contributed by atoms with van der Waals surface area (Å²) in [4.78, 5) is 11.2. The SMILES string of the molecule is CCCCCCCCC(C)CCCCCCCC(=O)OCC. The number of rotatable bonds is 16. The fourth-order valence-corrected chi connectivity index (χ4v) is 2.94. The number of hydrogen-bond donors (Lipinski definition) is 0. The molecule has 0 N–H and O–H groups in total. The van der Waals surface area contributed by atoms with Gasteiger partial charge >= 0.3 is 5.97 Å². The van der Waals surface area contributed by atoms with Crippen molar-refractivity contribution in [3.05, 3.63) is 0 Å².